The number of allylic oxidation sites excluding steroid dienone is 4. The highest BCUT2D eigenvalue weighted by molar-refractivity contribution is 5.99. The van der Waals surface area contributed by atoms with E-state index in [-0.39, 0.29) is 0 Å². The first kappa shape index (κ1) is 19.6. The van der Waals surface area contributed by atoms with Gasteiger partial charge in [0, 0.05) is 22.8 Å². The Bertz CT molecular complexity index is 939. The summed E-state index contributed by atoms with van der Waals surface area (Å²) >= 11 is 0. The largest absolute Gasteiger partial charge is 0.660 e. The third kappa shape index (κ3) is 4.97. The number of fused-ring (bicyclic) bond motifs is 2. The van der Waals surface area contributed by atoms with Crippen LogP contribution in [-0.4, -0.2) is 11.4 Å². The van der Waals surface area contributed by atoms with Crippen LogP contribution in [0.25, 0.3) is 10.6 Å². The van der Waals surface area contributed by atoms with Gasteiger partial charge in [0.1, 0.15) is 0 Å². The summed E-state index contributed by atoms with van der Waals surface area (Å²) in [6.45, 7) is 12.1. The van der Waals surface area contributed by atoms with Crippen molar-refractivity contribution in [2.75, 3.05) is 0 Å². The van der Waals surface area contributed by atoms with E-state index in [1.807, 2.05) is 52.0 Å². The third-order valence-corrected chi connectivity index (χ3v) is 4.28. The Hall–Kier alpha value is -3.14. The van der Waals surface area contributed by atoms with Gasteiger partial charge in [0.05, 0.1) is 0 Å². The molecule has 0 radical (unpaired) electrons. The van der Waals surface area contributed by atoms with Gasteiger partial charge < -0.3 is 10.6 Å². The summed E-state index contributed by atoms with van der Waals surface area (Å²) in [6.07, 6.45) is 3.97. The van der Waals surface area contributed by atoms with E-state index in [1.165, 1.54) is 0 Å². The average molecular weight is 371 g/mol. The van der Waals surface area contributed by atoms with Crippen LogP contribution in [0.2, 0.25) is 0 Å². The minimum atomic E-state index is 0.850. The summed E-state index contributed by atoms with van der Waals surface area (Å²) in [5.41, 5.74) is 9.26. The van der Waals surface area contributed by atoms with Gasteiger partial charge in [-0.3, -0.25) is 9.98 Å². The summed E-state index contributed by atoms with van der Waals surface area (Å²) in [6, 6.07) is 12.2. The molecule has 3 rings (SSSR count). The summed E-state index contributed by atoms with van der Waals surface area (Å²) in [5.74, 6) is 0. The second-order valence-electron chi connectivity index (χ2n) is 7.29. The number of nitrogens with zero attached hydrogens (tertiary/aromatic N) is 4. The van der Waals surface area contributed by atoms with Crippen molar-refractivity contribution in [3.63, 3.8) is 0 Å². The molecule has 0 aliphatic carbocycles. The van der Waals surface area contributed by atoms with Crippen molar-refractivity contribution < 1.29 is 0 Å². The van der Waals surface area contributed by atoms with Crippen LogP contribution in [-0.2, 0) is 0 Å². The fraction of sp³-hybridized carbons (Fsp3) is 0.250. The Balaban J connectivity index is 2.16. The van der Waals surface area contributed by atoms with Gasteiger partial charge in [-0.05, 0) is 51.0 Å². The molecular formula is C24H26N4-2. The quantitative estimate of drug-likeness (QED) is 0.451. The van der Waals surface area contributed by atoms with Gasteiger partial charge in [0.15, 0.2) is 0 Å². The first-order chi connectivity index (χ1) is 13.3. The topological polar surface area (TPSA) is 52.9 Å². The molecule has 0 spiro atoms. The van der Waals surface area contributed by atoms with Crippen molar-refractivity contribution in [2.45, 2.75) is 41.5 Å². The SMILES string of the molecule is CC1=Nc2cc(C)ccc2[N-]/C(C)=C\C(C)=Nc2cc(C)ccc2[N-]/C(C)=C\1. The van der Waals surface area contributed by atoms with Crippen LogP contribution in [0.1, 0.15) is 38.8 Å². The lowest BCUT2D eigenvalue weighted by Gasteiger charge is -2.27. The maximum absolute atomic E-state index is 4.79. The molecule has 4 nitrogen and oxygen atoms in total. The maximum Gasteiger partial charge on any atom is 0.0488 e. The summed E-state index contributed by atoms with van der Waals surface area (Å²) in [4.78, 5) is 9.58. The molecular weight excluding hydrogens is 344 g/mol. The minimum Gasteiger partial charge on any atom is -0.660 e. The van der Waals surface area contributed by atoms with E-state index in [0.29, 0.717) is 0 Å². The van der Waals surface area contributed by atoms with Crippen LogP contribution in [0.5, 0.6) is 0 Å². The van der Waals surface area contributed by atoms with E-state index < -0.39 is 0 Å². The van der Waals surface area contributed by atoms with Crippen molar-refractivity contribution >= 4 is 34.2 Å². The minimum absolute atomic E-state index is 0.850. The fourth-order valence-electron chi connectivity index (χ4n) is 3.13. The van der Waals surface area contributed by atoms with E-state index in [0.717, 1.165) is 56.7 Å². The summed E-state index contributed by atoms with van der Waals surface area (Å²) in [5, 5.41) is 9.55. The van der Waals surface area contributed by atoms with Gasteiger partial charge in [0.2, 0.25) is 0 Å². The number of aryl methyl sites for hydroxylation is 2. The molecule has 1 aliphatic heterocycles. The number of hydrogen-bond donors (Lipinski definition) is 0. The van der Waals surface area contributed by atoms with Gasteiger partial charge in [0.25, 0.3) is 0 Å². The molecule has 28 heavy (non-hydrogen) atoms. The zero-order chi connectivity index (χ0) is 20.3. The molecule has 0 saturated carbocycles. The zero-order valence-electron chi connectivity index (χ0n) is 17.4. The van der Waals surface area contributed by atoms with Crippen LogP contribution >= 0.6 is 0 Å². The molecule has 144 valence electrons. The lowest BCUT2D eigenvalue weighted by molar-refractivity contribution is 1.37. The zero-order valence-corrected chi connectivity index (χ0v) is 17.4. The van der Waals surface area contributed by atoms with Crippen molar-refractivity contribution in [2.24, 2.45) is 9.98 Å². The molecule has 0 unspecified atom stereocenters. The molecule has 0 saturated heterocycles. The summed E-state index contributed by atoms with van der Waals surface area (Å²) in [7, 11) is 0. The van der Waals surface area contributed by atoms with Gasteiger partial charge >= 0.3 is 0 Å². The predicted molar refractivity (Wildman–Crippen MR) is 121 cm³/mol. The van der Waals surface area contributed by atoms with Gasteiger partial charge in [-0.1, -0.05) is 50.3 Å². The van der Waals surface area contributed by atoms with Gasteiger partial charge in [-0.15, -0.1) is 11.4 Å². The van der Waals surface area contributed by atoms with Crippen molar-refractivity contribution in [3.05, 3.63) is 81.7 Å². The second-order valence-corrected chi connectivity index (χ2v) is 7.29. The monoisotopic (exact) mass is 370 g/mol. The highest BCUT2D eigenvalue weighted by Crippen LogP contribution is 2.38. The highest BCUT2D eigenvalue weighted by atomic mass is 14.9. The van der Waals surface area contributed by atoms with Crippen molar-refractivity contribution in [1.29, 1.82) is 0 Å². The van der Waals surface area contributed by atoms with Crippen molar-refractivity contribution in [1.82, 2.24) is 0 Å². The molecule has 0 N–H and O–H groups in total. The van der Waals surface area contributed by atoms with E-state index in [2.05, 4.69) is 38.1 Å². The molecule has 2 aromatic rings. The van der Waals surface area contributed by atoms with Crippen LogP contribution < -0.4 is 0 Å². The van der Waals surface area contributed by atoms with Gasteiger partial charge in [-0.25, -0.2) is 0 Å². The average Bonchev–Trinajstić information content (AvgIpc) is 2.58. The Kier molecular flexibility index (Phi) is 5.78. The number of aliphatic imine (C=N–C) groups is 2. The Labute approximate surface area is 167 Å². The van der Waals surface area contributed by atoms with Crippen LogP contribution in [0.4, 0.5) is 22.7 Å². The highest BCUT2D eigenvalue weighted by Gasteiger charge is 1.99. The first-order valence-corrected chi connectivity index (χ1v) is 9.42. The van der Waals surface area contributed by atoms with Crippen LogP contribution in [0.15, 0.2) is 69.9 Å². The van der Waals surface area contributed by atoms with Crippen molar-refractivity contribution in [3.8, 4) is 0 Å². The molecule has 0 aromatic heterocycles. The number of rotatable bonds is 0. The number of benzene rings is 2. The molecule has 0 fully saturated rings. The molecule has 4 heteroatoms. The summed E-state index contributed by atoms with van der Waals surface area (Å²) < 4.78 is 0. The molecule has 0 atom stereocenters. The number of hydrogen-bond acceptors (Lipinski definition) is 2. The molecule has 0 bridgehead atoms. The van der Waals surface area contributed by atoms with E-state index in [1.54, 1.807) is 0 Å². The second kappa shape index (κ2) is 8.26. The third-order valence-electron chi connectivity index (χ3n) is 4.28. The van der Waals surface area contributed by atoms with Crippen LogP contribution in [0.3, 0.4) is 0 Å². The molecule has 1 heterocycles. The van der Waals surface area contributed by atoms with Crippen LogP contribution in [0, 0.1) is 13.8 Å². The van der Waals surface area contributed by atoms with E-state index in [4.69, 9.17) is 20.6 Å². The molecule has 2 aromatic carbocycles. The van der Waals surface area contributed by atoms with E-state index >= 15 is 0 Å². The lowest BCUT2D eigenvalue weighted by Crippen LogP contribution is -1.90. The van der Waals surface area contributed by atoms with E-state index in [9.17, 15) is 0 Å². The molecule has 0 amide bonds. The van der Waals surface area contributed by atoms with Gasteiger partial charge in [-0.2, -0.15) is 11.4 Å². The first-order valence-electron chi connectivity index (χ1n) is 9.42. The lowest BCUT2D eigenvalue weighted by atomic mass is 10.1. The predicted octanol–water partition coefficient (Wildman–Crippen LogP) is 8.02. The Morgan fingerprint density at radius 3 is 1.36 bits per heavy atom. The Morgan fingerprint density at radius 1 is 0.571 bits per heavy atom. The normalized spacial score (nSPS) is 18.5. The standard InChI is InChI=1S/C24H26N4/c1-15-7-9-21-23(11-15)27-19(5)13-18(4)26-22-10-8-16(2)12-24(22)28-20(6)14-17(3)25-21/h7-14H,1-6H3/q-2/b17-14-,18-13-,27-19?,28-20?. The maximum atomic E-state index is 4.79. The molecule has 1 aliphatic rings. The Morgan fingerprint density at radius 2 is 0.964 bits per heavy atom. The smallest absolute Gasteiger partial charge is 0.0488 e. The fourth-order valence-corrected chi connectivity index (χ4v) is 3.13.